The molecule has 2 amide bonds. The van der Waals surface area contributed by atoms with Crippen LogP contribution in [0.15, 0.2) is 158 Å². The summed E-state index contributed by atoms with van der Waals surface area (Å²) in [5, 5.41) is 28.3. The molecule has 0 aromatic heterocycles. The predicted octanol–water partition coefficient (Wildman–Crippen LogP) is 7.60. The minimum Gasteiger partial charge on any atom is -0.497 e. The van der Waals surface area contributed by atoms with Crippen molar-refractivity contribution >= 4 is 11.8 Å². The van der Waals surface area contributed by atoms with Crippen molar-refractivity contribution in [2.45, 2.75) is 55.4 Å². The molecule has 0 bridgehead atoms. The van der Waals surface area contributed by atoms with Crippen LogP contribution in [-0.2, 0) is 33.6 Å². The fourth-order valence-corrected chi connectivity index (χ4v) is 8.90. The van der Waals surface area contributed by atoms with E-state index in [1.165, 1.54) is 0 Å². The van der Waals surface area contributed by atoms with Crippen LogP contribution in [0.25, 0.3) is 0 Å². The fraction of sp³-hybridized carbons (Fsp3) is 0.269. The zero-order valence-corrected chi connectivity index (χ0v) is 35.6. The Kier molecular flexibility index (Phi) is 13.0. The summed E-state index contributed by atoms with van der Waals surface area (Å²) in [5.41, 5.74) is 4.03. The van der Waals surface area contributed by atoms with Crippen LogP contribution in [0.3, 0.4) is 0 Å². The Balaban J connectivity index is 1.62. The van der Waals surface area contributed by atoms with Crippen LogP contribution in [0.2, 0.25) is 0 Å². The van der Waals surface area contributed by atoms with Crippen molar-refractivity contribution in [1.29, 1.82) is 0 Å². The average molecular weight is 835 g/mol. The summed E-state index contributed by atoms with van der Waals surface area (Å²) < 4.78 is 22.3. The van der Waals surface area contributed by atoms with E-state index < -0.39 is 40.5 Å². The van der Waals surface area contributed by atoms with Gasteiger partial charge in [0.1, 0.15) is 39.6 Å². The lowest BCUT2D eigenvalue weighted by Crippen LogP contribution is -2.68. The maximum absolute atomic E-state index is 16.3. The number of primary amides is 1. The van der Waals surface area contributed by atoms with Gasteiger partial charge in [-0.2, -0.15) is 0 Å². The third-order valence-electron chi connectivity index (χ3n) is 12.6. The topological polar surface area (TPSA) is 141 Å². The number of hydrogen-bond acceptors (Lipinski definition) is 8. The molecule has 10 heteroatoms. The van der Waals surface area contributed by atoms with Crippen LogP contribution >= 0.6 is 0 Å². The Hall–Kier alpha value is -6.62. The highest BCUT2D eigenvalue weighted by atomic mass is 16.5. The Morgan fingerprint density at radius 1 is 0.532 bits per heavy atom. The van der Waals surface area contributed by atoms with Gasteiger partial charge in [-0.3, -0.25) is 9.59 Å². The van der Waals surface area contributed by atoms with E-state index in [1.807, 2.05) is 60.7 Å². The summed E-state index contributed by atoms with van der Waals surface area (Å²) in [6, 6.07) is 45.1. The van der Waals surface area contributed by atoms with Gasteiger partial charge < -0.3 is 39.8 Å². The van der Waals surface area contributed by atoms with E-state index in [1.54, 1.807) is 130 Å². The Labute approximate surface area is 363 Å². The van der Waals surface area contributed by atoms with Crippen LogP contribution in [0.5, 0.6) is 23.0 Å². The maximum Gasteiger partial charge on any atom is 0.239 e. The molecule has 7 rings (SSSR count). The minimum absolute atomic E-state index is 0.0859. The van der Waals surface area contributed by atoms with Crippen LogP contribution < -0.4 is 24.7 Å². The Morgan fingerprint density at radius 2 is 0.823 bits per heavy atom. The van der Waals surface area contributed by atoms with Crippen LogP contribution in [-0.4, -0.2) is 67.5 Å². The lowest BCUT2D eigenvalue weighted by atomic mass is 9.65. The first-order valence-corrected chi connectivity index (χ1v) is 20.7. The highest BCUT2D eigenvalue weighted by molar-refractivity contribution is 6.05. The zero-order chi connectivity index (χ0) is 43.9. The van der Waals surface area contributed by atoms with Crippen LogP contribution in [0.4, 0.5) is 0 Å². The normalized spacial score (nSPS) is 14.4. The van der Waals surface area contributed by atoms with Gasteiger partial charge in [0, 0.05) is 0 Å². The largest absolute Gasteiger partial charge is 0.497 e. The molecule has 1 aliphatic rings. The van der Waals surface area contributed by atoms with Crippen LogP contribution in [0, 0.1) is 5.41 Å². The summed E-state index contributed by atoms with van der Waals surface area (Å²) in [5.74, 6) is 0.919. The van der Waals surface area contributed by atoms with Crippen molar-refractivity contribution in [2.75, 3.05) is 28.4 Å². The first-order valence-electron chi connectivity index (χ1n) is 20.7. The van der Waals surface area contributed by atoms with E-state index in [4.69, 9.17) is 24.7 Å². The molecule has 320 valence electrons. The molecule has 1 aliphatic carbocycles. The van der Waals surface area contributed by atoms with Crippen LogP contribution in [0.1, 0.15) is 52.6 Å². The van der Waals surface area contributed by atoms with E-state index in [2.05, 4.69) is 0 Å². The maximum atomic E-state index is 16.3. The third kappa shape index (κ3) is 8.23. The van der Waals surface area contributed by atoms with Crippen molar-refractivity contribution in [3.8, 4) is 23.0 Å². The summed E-state index contributed by atoms with van der Waals surface area (Å²) in [6.45, 7) is 0. The van der Waals surface area contributed by atoms with E-state index >= 15 is 4.79 Å². The van der Waals surface area contributed by atoms with Gasteiger partial charge >= 0.3 is 0 Å². The predicted molar refractivity (Wildman–Crippen MR) is 238 cm³/mol. The summed E-state index contributed by atoms with van der Waals surface area (Å²) in [7, 11) is 6.27. The summed E-state index contributed by atoms with van der Waals surface area (Å²) in [6.07, 6.45) is 1.18. The van der Waals surface area contributed by atoms with Crippen molar-refractivity contribution in [3.05, 3.63) is 191 Å². The van der Waals surface area contributed by atoms with Gasteiger partial charge in [-0.05, 0) is 108 Å². The highest BCUT2D eigenvalue weighted by Gasteiger charge is 2.59. The van der Waals surface area contributed by atoms with Gasteiger partial charge in [0.2, 0.25) is 11.8 Å². The van der Waals surface area contributed by atoms with Crippen molar-refractivity contribution < 1.29 is 38.7 Å². The van der Waals surface area contributed by atoms with E-state index in [0.717, 1.165) is 11.1 Å². The third-order valence-corrected chi connectivity index (χ3v) is 12.6. The number of ether oxygens (including phenoxy) is 4. The molecule has 1 fully saturated rings. The fourth-order valence-electron chi connectivity index (χ4n) is 8.90. The van der Waals surface area contributed by atoms with Gasteiger partial charge in [0.15, 0.2) is 0 Å². The number of carbonyl (C=O) groups is 2. The monoisotopic (exact) mass is 834 g/mol. The van der Waals surface area contributed by atoms with E-state index in [9.17, 15) is 15.0 Å². The molecule has 0 heterocycles. The quantitative estimate of drug-likeness (QED) is 0.0753. The highest BCUT2D eigenvalue weighted by Crippen LogP contribution is 2.50. The molecule has 6 aromatic rings. The number of rotatable bonds is 18. The number of methoxy groups -OCH3 is 4. The molecule has 10 nitrogen and oxygen atoms in total. The molecule has 62 heavy (non-hydrogen) atoms. The van der Waals surface area contributed by atoms with Crippen molar-refractivity contribution in [3.63, 3.8) is 0 Å². The molecule has 6 aromatic carbocycles. The molecule has 0 spiro atoms. The smallest absolute Gasteiger partial charge is 0.239 e. The van der Waals surface area contributed by atoms with Gasteiger partial charge in [0.05, 0.1) is 40.5 Å². The molecule has 1 saturated carbocycles. The average Bonchev–Trinajstić information content (AvgIpc) is 3.30. The number of nitrogens with two attached hydrogens (primary N) is 1. The molecular weight excluding hydrogens is 781 g/mol. The summed E-state index contributed by atoms with van der Waals surface area (Å²) >= 11 is 0. The van der Waals surface area contributed by atoms with E-state index in [0.29, 0.717) is 51.7 Å². The van der Waals surface area contributed by atoms with Gasteiger partial charge in [0.25, 0.3) is 0 Å². The van der Waals surface area contributed by atoms with Crippen molar-refractivity contribution in [2.24, 2.45) is 11.1 Å². The lowest BCUT2D eigenvalue weighted by Gasteiger charge is -2.54. The number of hydrogen-bond donors (Lipinski definition) is 3. The number of nitrogens with zero attached hydrogens (tertiary/aromatic N) is 1. The van der Waals surface area contributed by atoms with Gasteiger partial charge in [-0.15, -0.1) is 0 Å². The molecular formula is C52H54N2O8. The first kappa shape index (κ1) is 43.5. The minimum atomic E-state index is -2.01. The molecule has 0 saturated heterocycles. The second kappa shape index (κ2) is 18.6. The van der Waals surface area contributed by atoms with Gasteiger partial charge in [-0.25, -0.2) is 0 Å². The molecule has 0 radical (unpaired) electrons. The molecule has 2 unspecified atom stereocenters. The zero-order valence-electron chi connectivity index (χ0n) is 35.6. The SMILES string of the molecule is COc1ccc(C(O)(c2ccc(OC)cc2)C(Cc2ccccc2)N(C(=O)C2(C(N)=O)CCC2)C(Cc2ccccc2)C(O)(c2ccc(OC)cc2)c2ccc(OC)cc2)cc1. The second-order valence-electron chi connectivity index (χ2n) is 15.9. The summed E-state index contributed by atoms with van der Waals surface area (Å²) in [4.78, 5) is 31.8. The van der Waals surface area contributed by atoms with Gasteiger partial charge in [-0.1, -0.05) is 116 Å². The van der Waals surface area contributed by atoms with Crippen molar-refractivity contribution in [1.82, 2.24) is 4.90 Å². The van der Waals surface area contributed by atoms with E-state index in [-0.39, 0.29) is 25.7 Å². The molecule has 0 aliphatic heterocycles. The molecule has 2 atom stereocenters. The lowest BCUT2D eigenvalue weighted by molar-refractivity contribution is -0.172. The number of amides is 2. The number of aliphatic hydroxyl groups is 2. The Bertz CT molecular complexity index is 2160. The Morgan fingerprint density at radius 3 is 1.05 bits per heavy atom. The number of benzene rings is 6. The second-order valence-corrected chi connectivity index (χ2v) is 15.9. The molecule has 4 N–H and O–H groups in total. The first-order chi connectivity index (χ1) is 30.0. The number of carbonyl (C=O) groups excluding carboxylic acids is 2. The standard InChI is InChI=1S/C52H54N2O8/c1-59-42-24-16-38(17-25-42)51(57,39-18-26-43(60-2)27-19-39)46(34-36-12-7-5-8-13-36)54(49(56)50(48(53)55)32-11-33-50)47(35-37-14-9-6-10-15-37)52(58,40-20-28-44(61-3)29-21-40)41-22-30-45(62-4)31-23-41/h5-10,12-31,46-47,57-58H,11,32-35H2,1-4H3,(H2,53,55).